The van der Waals surface area contributed by atoms with Crippen molar-refractivity contribution >= 4 is 17.3 Å². The highest BCUT2D eigenvalue weighted by atomic mass is 16.5. The average molecular weight is 248 g/mol. The number of benzene rings is 1. The molecule has 18 heavy (non-hydrogen) atoms. The van der Waals surface area contributed by atoms with Gasteiger partial charge in [-0.25, -0.2) is 0 Å². The molecular weight excluding hydrogens is 228 g/mol. The molecular formula is C14H20N2O2. The molecule has 1 fully saturated rings. The summed E-state index contributed by atoms with van der Waals surface area (Å²) in [5.74, 6) is -0.0504. The maximum atomic E-state index is 12.2. The van der Waals surface area contributed by atoms with Gasteiger partial charge in [-0.3, -0.25) is 4.79 Å². The van der Waals surface area contributed by atoms with E-state index >= 15 is 0 Å². The molecule has 0 spiro atoms. The van der Waals surface area contributed by atoms with E-state index in [0.717, 1.165) is 18.4 Å². The normalized spacial score (nSPS) is 23.0. The van der Waals surface area contributed by atoms with E-state index in [4.69, 9.17) is 10.5 Å². The first-order valence-electron chi connectivity index (χ1n) is 6.40. The Morgan fingerprint density at radius 1 is 1.56 bits per heavy atom. The maximum Gasteiger partial charge on any atom is 0.230 e. The Kier molecular flexibility index (Phi) is 3.87. The molecule has 0 saturated carbocycles. The van der Waals surface area contributed by atoms with Gasteiger partial charge in [-0.2, -0.15) is 0 Å². The highest BCUT2D eigenvalue weighted by Gasteiger charge is 2.32. The lowest BCUT2D eigenvalue weighted by Crippen LogP contribution is -2.29. The van der Waals surface area contributed by atoms with Crippen LogP contribution in [0.15, 0.2) is 18.2 Å². The van der Waals surface area contributed by atoms with E-state index in [1.54, 1.807) is 0 Å². The van der Waals surface area contributed by atoms with Crippen molar-refractivity contribution in [1.82, 2.24) is 0 Å². The molecule has 0 radical (unpaired) electrons. The Balaban J connectivity index is 2.07. The number of nitrogens with two attached hydrogens (primary N) is 1. The minimum atomic E-state index is -0.0595. The van der Waals surface area contributed by atoms with Crippen molar-refractivity contribution in [3.05, 3.63) is 23.8 Å². The Bertz CT molecular complexity index is 445. The highest BCUT2D eigenvalue weighted by molar-refractivity contribution is 5.95. The van der Waals surface area contributed by atoms with Crippen LogP contribution in [-0.4, -0.2) is 18.6 Å². The molecule has 2 rings (SSSR count). The topological polar surface area (TPSA) is 64.3 Å². The lowest BCUT2D eigenvalue weighted by molar-refractivity contribution is -0.121. The number of rotatable bonds is 3. The Morgan fingerprint density at radius 3 is 3.00 bits per heavy atom. The van der Waals surface area contributed by atoms with Gasteiger partial charge in [0.25, 0.3) is 0 Å². The van der Waals surface area contributed by atoms with Gasteiger partial charge in [0, 0.05) is 6.61 Å². The molecule has 4 heteroatoms. The van der Waals surface area contributed by atoms with E-state index in [-0.39, 0.29) is 17.9 Å². The van der Waals surface area contributed by atoms with Gasteiger partial charge < -0.3 is 15.8 Å². The van der Waals surface area contributed by atoms with Gasteiger partial charge in [0.2, 0.25) is 5.91 Å². The predicted octanol–water partition coefficient (Wildman–Crippen LogP) is 2.33. The van der Waals surface area contributed by atoms with Gasteiger partial charge in [0.15, 0.2) is 0 Å². The molecule has 1 aromatic carbocycles. The van der Waals surface area contributed by atoms with Gasteiger partial charge in [-0.1, -0.05) is 13.0 Å². The highest BCUT2D eigenvalue weighted by Crippen LogP contribution is 2.26. The van der Waals surface area contributed by atoms with E-state index in [1.165, 1.54) is 0 Å². The first-order valence-corrected chi connectivity index (χ1v) is 6.40. The lowest BCUT2D eigenvalue weighted by Gasteiger charge is -2.17. The van der Waals surface area contributed by atoms with Crippen LogP contribution in [0.4, 0.5) is 11.4 Å². The minimum absolute atomic E-state index is 0.00917. The first-order chi connectivity index (χ1) is 8.61. The molecule has 98 valence electrons. The largest absolute Gasteiger partial charge is 0.397 e. The van der Waals surface area contributed by atoms with Crippen molar-refractivity contribution in [2.24, 2.45) is 5.92 Å². The Morgan fingerprint density at radius 2 is 2.33 bits per heavy atom. The molecule has 0 aromatic heterocycles. The van der Waals surface area contributed by atoms with E-state index in [9.17, 15) is 4.79 Å². The second-order valence-electron chi connectivity index (χ2n) is 4.79. The standard InChI is InChI=1S/C14H20N2O2/c1-3-13-10(6-7-18-13)14(17)16-12-5-4-9(2)8-11(12)15/h4-5,8,10,13H,3,6-7,15H2,1-2H3,(H,16,17). The molecule has 2 atom stereocenters. The van der Waals surface area contributed by atoms with Gasteiger partial charge in [0.1, 0.15) is 0 Å². The summed E-state index contributed by atoms with van der Waals surface area (Å²) in [6.07, 6.45) is 1.69. The molecule has 0 aliphatic carbocycles. The molecule has 1 aliphatic heterocycles. The van der Waals surface area contributed by atoms with Crippen molar-refractivity contribution in [2.75, 3.05) is 17.7 Å². The van der Waals surface area contributed by atoms with E-state index in [0.29, 0.717) is 18.0 Å². The van der Waals surface area contributed by atoms with Crippen molar-refractivity contribution in [3.63, 3.8) is 0 Å². The summed E-state index contributed by atoms with van der Waals surface area (Å²) in [7, 11) is 0. The predicted molar refractivity (Wildman–Crippen MR) is 72.4 cm³/mol. The summed E-state index contributed by atoms with van der Waals surface area (Å²) in [5, 5.41) is 2.90. The summed E-state index contributed by atoms with van der Waals surface area (Å²) in [5.41, 5.74) is 8.27. The molecule has 4 nitrogen and oxygen atoms in total. The quantitative estimate of drug-likeness (QED) is 0.807. The SMILES string of the molecule is CCC1OCCC1C(=O)Nc1ccc(C)cc1N. The fourth-order valence-electron chi connectivity index (χ4n) is 2.37. The second-order valence-corrected chi connectivity index (χ2v) is 4.79. The van der Waals surface area contributed by atoms with Crippen molar-refractivity contribution < 1.29 is 9.53 Å². The fraction of sp³-hybridized carbons (Fsp3) is 0.500. The van der Waals surface area contributed by atoms with Crippen LogP contribution in [0.25, 0.3) is 0 Å². The van der Waals surface area contributed by atoms with Crippen LogP contribution in [0.2, 0.25) is 0 Å². The van der Waals surface area contributed by atoms with Crippen LogP contribution < -0.4 is 11.1 Å². The van der Waals surface area contributed by atoms with Crippen LogP contribution in [0, 0.1) is 12.8 Å². The summed E-state index contributed by atoms with van der Waals surface area (Å²) in [4.78, 5) is 12.2. The molecule has 3 N–H and O–H groups in total. The van der Waals surface area contributed by atoms with Gasteiger partial charge in [-0.05, 0) is 37.5 Å². The fourth-order valence-corrected chi connectivity index (χ4v) is 2.37. The molecule has 1 saturated heterocycles. The zero-order chi connectivity index (χ0) is 13.1. The monoisotopic (exact) mass is 248 g/mol. The summed E-state index contributed by atoms with van der Waals surface area (Å²) in [6, 6.07) is 5.64. The van der Waals surface area contributed by atoms with Crippen LogP contribution >= 0.6 is 0 Å². The molecule has 1 aliphatic rings. The number of carbonyl (C=O) groups is 1. The van der Waals surface area contributed by atoms with E-state index < -0.39 is 0 Å². The Hall–Kier alpha value is -1.55. The molecule has 2 unspecified atom stereocenters. The second kappa shape index (κ2) is 5.40. The third-order valence-corrected chi connectivity index (χ3v) is 3.41. The van der Waals surface area contributed by atoms with Crippen molar-refractivity contribution in [2.45, 2.75) is 32.8 Å². The Labute approximate surface area is 108 Å². The van der Waals surface area contributed by atoms with Crippen LogP contribution in [0.5, 0.6) is 0 Å². The van der Waals surface area contributed by atoms with Gasteiger partial charge in [0.05, 0.1) is 23.4 Å². The molecule has 1 aromatic rings. The number of carbonyl (C=O) groups excluding carboxylic acids is 1. The number of amides is 1. The van der Waals surface area contributed by atoms with E-state index in [1.807, 2.05) is 32.0 Å². The number of nitrogen functional groups attached to an aromatic ring is 1. The van der Waals surface area contributed by atoms with Gasteiger partial charge in [-0.15, -0.1) is 0 Å². The smallest absolute Gasteiger partial charge is 0.230 e. The number of aryl methyl sites for hydroxylation is 1. The lowest BCUT2D eigenvalue weighted by atomic mass is 9.98. The van der Waals surface area contributed by atoms with Crippen LogP contribution in [0.1, 0.15) is 25.3 Å². The zero-order valence-corrected chi connectivity index (χ0v) is 10.9. The van der Waals surface area contributed by atoms with Crippen LogP contribution in [-0.2, 0) is 9.53 Å². The molecule has 0 bridgehead atoms. The van der Waals surface area contributed by atoms with Gasteiger partial charge >= 0.3 is 0 Å². The van der Waals surface area contributed by atoms with E-state index in [2.05, 4.69) is 5.32 Å². The molecule has 1 heterocycles. The number of hydrogen-bond acceptors (Lipinski definition) is 3. The third kappa shape index (κ3) is 2.64. The number of nitrogens with one attached hydrogen (secondary N) is 1. The molecule has 1 amide bonds. The summed E-state index contributed by atoms with van der Waals surface area (Å²) >= 11 is 0. The third-order valence-electron chi connectivity index (χ3n) is 3.41. The minimum Gasteiger partial charge on any atom is -0.397 e. The zero-order valence-electron chi connectivity index (χ0n) is 10.9. The van der Waals surface area contributed by atoms with Crippen molar-refractivity contribution in [1.29, 1.82) is 0 Å². The number of ether oxygens (including phenoxy) is 1. The average Bonchev–Trinajstić information content (AvgIpc) is 2.81. The van der Waals surface area contributed by atoms with Crippen LogP contribution in [0.3, 0.4) is 0 Å². The van der Waals surface area contributed by atoms with Crippen molar-refractivity contribution in [3.8, 4) is 0 Å². The summed E-state index contributed by atoms with van der Waals surface area (Å²) in [6.45, 7) is 4.68. The first kappa shape index (κ1) is 12.9. The number of anilines is 2. The maximum absolute atomic E-state index is 12.2. The summed E-state index contributed by atoms with van der Waals surface area (Å²) < 4.78 is 5.53. The number of hydrogen-bond donors (Lipinski definition) is 2.